The molecule has 2 unspecified atom stereocenters. The van der Waals surface area contributed by atoms with Crippen LogP contribution in [0.25, 0.3) is 0 Å². The number of hydrazine groups is 1. The van der Waals surface area contributed by atoms with E-state index in [2.05, 4.69) is 25.9 Å². The van der Waals surface area contributed by atoms with Gasteiger partial charge in [-0.25, -0.2) is 0 Å². The van der Waals surface area contributed by atoms with Crippen LogP contribution in [0.4, 0.5) is 0 Å². The van der Waals surface area contributed by atoms with Crippen LogP contribution in [0, 0.1) is 5.92 Å². The summed E-state index contributed by atoms with van der Waals surface area (Å²) in [6, 6.07) is 0.209. The summed E-state index contributed by atoms with van der Waals surface area (Å²) >= 11 is 0. The second-order valence-corrected chi connectivity index (χ2v) is 5.40. The molecule has 0 aliphatic heterocycles. The minimum Gasteiger partial charge on any atom is -0.377 e. The number of hydrogen-bond acceptors (Lipinski definition) is 3. The SMILES string of the molecule is C=C(CC)CC(NN)C(OCC)C1CCCCC1. The van der Waals surface area contributed by atoms with Gasteiger partial charge in [0.05, 0.1) is 12.1 Å². The fourth-order valence-electron chi connectivity index (χ4n) is 2.96. The number of nitrogens with two attached hydrogens (primary N) is 1. The molecule has 0 radical (unpaired) electrons. The van der Waals surface area contributed by atoms with E-state index in [1.807, 2.05) is 0 Å². The van der Waals surface area contributed by atoms with Crippen LogP contribution >= 0.6 is 0 Å². The Morgan fingerprint density at radius 1 is 1.33 bits per heavy atom. The largest absolute Gasteiger partial charge is 0.377 e. The molecule has 3 N–H and O–H groups in total. The van der Waals surface area contributed by atoms with E-state index in [4.69, 9.17) is 10.6 Å². The van der Waals surface area contributed by atoms with Crippen LogP contribution in [-0.2, 0) is 4.74 Å². The van der Waals surface area contributed by atoms with Crippen molar-refractivity contribution >= 4 is 0 Å². The van der Waals surface area contributed by atoms with Crippen LogP contribution in [0.2, 0.25) is 0 Å². The van der Waals surface area contributed by atoms with Gasteiger partial charge in [0.15, 0.2) is 0 Å². The molecule has 1 fully saturated rings. The van der Waals surface area contributed by atoms with Crippen molar-refractivity contribution in [2.45, 2.75) is 70.9 Å². The minimum atomic E-state index is 0.209. The van der Waals surface area contributed by atoms with Gasteiger partial charge < -0.3 is 4.74 Å². The summed E-state index contributed by atoms with van der Waals surface area (Å²) in [6.07, 6.45) is 8.78. The maximum atomic E-state index is 6.00. The van der Waals surface area contributed by atoms with E-state index in [0.29, 0.717) is 5.92 Å². The van der Waals surface area contributed by atoms with Gasteiger partial charge in [0, 0.05) is 6.61 Å². The van der Waals surface area contributed by atoms with E-state index in [9.17, 15) is 0 Å². The first kappa shape index (κ1) is 15.7. The van der Waals surface area contributed by atoms with Crippen molar-refractivity contribution in [2.24, 2.45) is 11.8 Å². The Kier molecular flexibility index (Phi) is 7.56. The molecule has 1 saturated carbocycles. The van der Waals surface area contributed by atoms with Crippen molar-refractivity contribution < 1.29 is 4.74 Å². The van der Waals surface area contributed by atoms with Gasteiger partial charge in [0.2, 0.25) is 0 Å². The van der Waals surface area contributed by atoms with E-state index >= 15 is 0 Å². The zero-order chi connectivity index (χ0) is 13.4. The molecule has 1 aliphatic rings. The van der Waals surface area contributed by atoms with E-state index in [0.717, 1.165) is 19.4 Å². The number of rotatable bonds is 8. The van der Waals surface area contributed by atoms with Crippen molar-refractivity contribution in [1.29, 1.82) is 0 Å². The Morgan fingerprint density at radius 2 is 2.00 bits per heavy atom. The Hall–Kier alpha value is -0.380. The zero-order valence-corrected chi connectivity index (χ0v) is 12.1. The summed E-state index contributed by atoms with van der Waals surface area (Å²) in [5.41, 5.74) is 4.21. The van der Waals surface area contributed by atoms with Crippen LogP contribution in [-0.4, -0.2) is 18.8 Å². The van der Waals surface area contributed by atoms with Crippen LogP contribution in [0.3, 0.4) is 0 Å². The molecule has 0 aromatic rings. The van der Waals surface area contributed by atoms with Crippen LogP contribution in [0.5, 0.6) is 0 Å². The fraction of sp³-hybridized carbons (Fsp3) is 0.867. The summed E-state index contributed by atoms with van der Waals surface area (Å²) in [7, 11) is 0. The second-order valence-electron chi connectivity index (χ2n) is 5.40. The third kappa shape index (κ3) is 4.71. The van der Waals surface area contributed by atoms with Crippen LogP contribution < -0.4 is 11.3 Å². The van der Waals surface area contributed by atoms with Gasteiger partial charge in [-0.05, 0) is 38.5 Å². The Bertz CT molecular complexity index is 237. The van der Waals surface area contributed by atoms with Gasteiger partial charge >= 0.3 is 0 Å². The molecule has 18 heavy (non-hydrogen) atoms. The predicted molar refractivity (Wildman–Crippen MR) is 77.1 cm³/mol. The highest BCUT2D eigenvalue weighted by Crippen LogP contribution is 2.30. The maximum Gasteiger partial charge on any atom is 0.0772 e. The summed E-state index contributed by atoms with van der Waals surface area (Å²) in [6.45, 7) is 9.07. The third-order valence-electron chi connectivity index (χ3n) is 4.09. The highest BCUT2D eigenvalue weighted by molar-refractivity contribution is 4.99. The van der Waals surface area contributed by atoms with Gasteiger partial charge in [0.1, 0.15) is 0 Å². The van der Waals surface area contributed by atoms with E-state index in [1.54, 1.807) is 0 Å². The zero-order valence-electron chi connectivity index (χ0n) is 12.1. The molecule has 0 aromatic heterocycles. The molecular formula is C15H30N2O. The highest BCUT2D eigenvalue weighted by atomic mass is 16.5. The standard InChI is InChI=1S/C15H30N2O/c1-4-12(3)11-14(17-16)15(18-5-2)13-9-7-6-8-10-13/h13-15,17H,3-11,16H2,1-2H3. The molecule has 3 heteroatoms. The van der Waals surface area contributed by atoms with Crippen molar-refractivity contribution in [3.05, 3.63) is 12.2 Å². The summed E-state index contributed by atoms with van der Waals surface area (Å²) in [5, 5.41) is 0. The van der Waals surface area contributed by atoms with Crippen LogP contribution in [0.15, 0.2) is 12.2 Å². The summed E-state index contributed by atoms with van der Waals surface area (Å²) in [5.74, 6) is 6.40. The van der Waals surface area contributed by atoms with Crippen molar-refractivity contribution in [1.82, 2.24) is 5.43 Å². The lowest BCUT2D eigenvalue weighted by Gasteiger charge is -2.35. The first-order valence-corrected chi connectivity index (χ1v) is 7.47. The molecular weight excluding hydrogens is 224 g/mol. The van der Waals surface area contributed by atoms with E-state index in [1.165, 1.54) is 37.7 Å². The van der Waals surface area contributed by atoms with Crippen LogP contribution in [0.1, 0.15) is 58.8 Å². The number of ether oxygens (including phenoxy) is 1. The average Bonchev–Trinajstić information content (AvgIpc) is 2.43. The van der Waals surface area contributed by atoms with Crippen molar-refractivity contribution in [3.8, 4) is 0 Å². The molecule has 1 aliphatic carbocycles. The first-order chi connectivity index (χ1) is 8.72. The first-order valence-electron chi connectivity index (χ1n) is 7.47. The van der Waals surface area contributed by atoms with Gasteiger partial charge in [-0.15, -0.1) is 0 Å². The Morgan fingerprint density at radius 3 is 2.50 bits per heavy atom. The highest BCUT2D eigenvalue weighted by Gasteiger charge is 2.30. The molecule has 0 bridgehead atoms. The smallest absolute Gasteiger partial charge is 0.0772 e. The molecule has 1 rings (SSSR count). The van der Waals surface area contributed by atoms with Crippen molar-refractivity contribution in [2.75, 3.05) is 6.61 Å². The number of hydrogen-bond donors (Lipinski definition) is 2. The van der Waals surface area contributed by atoms with Crippen molar-refractivity contribution in [3.63, 3.8) is 0 Å². The fourth-order valence-corrected chi connectivity index (χ4v) is 2.96. The Balaban J connectivity index is 2.63. The van der Waals surface area contributed by atoms with Gasteiger partial charge in [-0.3, -0.25) is 11.3 Å². The maximum absolute atomic E-state index is 6.00. The quantitative estimate of drug-likeness (QED) is 0.397. The molecule has 106 valence electrons. The monoisotopic (exact) mass is 254 g/mol. The predicted octanol–water partition coefficient (Wildman–Crippen LogP) is 3.16. The van der Waals surface area contributed by atoms with Gasteiger partial charge in [-0.1, -0.05) is 38.3 Å². The lowest BCUT2D eigenvalue weighted by atomic mass is 9.81. The molecule has 0 spiro atoms. The molecule has 3 nitrogen and oxygen atoms in total. The summed E-state index contributed by atoms with van der Waals surface area (Å²) < 4.78 is 6.00. The topological polar surface area (TPSA) is 47.3 Å². The van der Waals surface area contributed by atoms with Gasteiger partial charge in [0.25, 0.3) is 0 Å². The third-order valence-corrected chi connectivity index (χ3v) is 4.09. The Labute approximate surface area is 112 Å². The number of nitrogens with one attached hydrogen (secondary N) is 1. The minimum absolute atomic E-state index is 0.209. The van der Waals surface area contributed by atoms with E-state index < -0.39 is 0 Å². The molecule has 0 heterocycles. The van der Waals surface area contributed by atoms with E-state index in [-0.39, 0.29) is 12.1 Å². The second kappa shape index (κ2) is 8.68. The lowest BCUT2D eigenvalue weighted by Crippen LogP contribution is -2.49. The lowest BCUT2D eigenvalue weighted by molar-refractivity contribution is -0.0175. The molecule has 0 aromatic carbocycles. The molecule has 0 amide bonds. The average molecular weight is 254 g/mol. The normalized spacial score (nSPS) is 20.6. The summed E-state index contributed by atoms with van der Waals surface area (Å²) in [4.78, 5) is 0. The van der Waals surface area contributed by atoms with Gasteiger partial charge in [-0.2, -0.15) is 0 Å². The molecule has 0 saturated heterocycles. The molecule has 2 atom stereocenters.